The average Bonchev–Trinajstić information content (AvgIpc) is 3.52. The summed E-state index contributed by atoms with van der Waals surface area (Å²) in [6, 6.07) is 3.99. The maximum Gasteiger partial charge on any atom is 0.257 e. The summed E-state index contributed by atoms with van der Waals surface area (Å²) in [7, 11) is 0. The molecular weight excluding hydrogens is 396 g/mol. The molecule has 2 aliphatic heterocycles. The van der Waals surface area contributed by atoms with Crippen molar-refractivity contribution in [3.05, 3.63) is 46.1 Å². The summed E-state index contributed by atoms with van der Waals surface area (Å²) in [5, 5.41) is 3.75. The zero-order valence-electron chi connectivity index (χ0n) is 17.2. The fourth-order valence-electron chi connectivity index (χ4n) is 5.04. The first-order valence-electron chi connectivity index (χ1n) is 11.1. The Morgan fingerprint density at radius 2 is 1.93 bits per heavy atom. The number of rotatable bonds is 4. The maximum absolute atomic E-state index is 13.6. The molecule has 158 valence electrons. The first-order chi connectivity index (χ1) is 14.7. The highest BCUT2D eigenvalue weighted by molar-refractivity contribution is 7.17. The molecular formula is C23H28N4O2S. The molecule has 2 aromatic rings. The quantitative estimate of drug-likeness (QED) is 0.815. The first kappa shape index (κ1) is 19.7. The lowest BCUT2D eigenvalue weighted by Gasteiger charge is -2.24. The van der Waals surface area contributed by atoms with Crippen LogP contribution in [0.15, 0.2) is 24.5 Å². The molecule has 3 aliphatic rings. The lowest BCUT2D eigenvalue weighted by molar-refractivity contribution is 0.0780. The largest absolute Gasteiger partial charge is 0.337 e. The van der Waals surface area contributed by atoms with Gasteiger partial charge in [0.25, 0.3) is 11.8 Å². The molecule has 1 N–H and O–H groups in total. The second-order valence-electron chi connectivity index (χ2n) is 8.55. The average molecular weight is 425 g/mol. The third-order valence-corrected chi connectivity index (χ3v) is 7.85. The molecule has 7 heteroatoms. The molecule has 0 aromatic carbocycles. The number of hydrogen-bond donors (Lipinski definition) is 1. The van der Waals surface area contributed by atoms with Gasteiger partial charge in [0.1, 0.15) is 5.00 Å². The van der Waals surface area contributed by atoms with Crippen molar-refractivity contribution in [1.82, 2.24) is 14.8 Å². The lowest BCUT2D eigenvalue weighted by Crippen LogP contribution is -2.37. The van der Waals surface area contributed by atoms with Gasteiger partial charge in [0.15, 0.2) is 0 Å². The minimum absolute atomic E-state index is 0.0950. The molecule has 2 amide bonds. The Bertz CT molecular complexity index is 936. The third kappa shape index (κ3) is 3.76. The van der Waals surface area contributed by atoms with E-state index in [1.807, 2.05) is 4.90 Å². The number of nitrogens with zero attached hydrogens (tertiary/aromatic N) is 3. The number of fused-ring (bicyclic) bond motifs is 1. The molecule has 1 unspecified atom stereocenters. The van der Waals surface area contributed by atoms with E-state index >= 15 is 0 Å². The monoisotopic (exact) mass is 424 g/mol. The van der Waals surface area contributed by atoms with Gasteiger partial charge < -0.3 is 10.2 Å². The predicted molar refractivity (Wildman–Crippen MR) is 118 cm³/mol. The van der Waals surface area contributed by atoms with E-state index in [0.29, 0.717) is 16.6 Å². The highest BCUT2D eigenvalue weighted by Gasteiger charge is 2.35. The topological polar surface area (TPSA) is 65.5 Å². The normalized spacial score (nSPS) is 21.6. The number of hydrogen-bond acceptors (Lipinski definition) is 5. The summed E-state index contributed by atoms with van der Waals surface area (Å²) in [6.07, 6.45) is 11.0. The fourth-order valence-corrected chi connectivity index (χ4v) is 6.32. The summed E-state index contributed by atoms with van der Waals surface area (Å²) in [6.45, 7) is 3.93. The number of aryl methyl sites for hydroxylation is 1. The molecule has 2 fully saturated rings. The maximum atomic E-state index is 13.6. The van der Waals surface area contributed by atoms with Crippen LogP contribution in [0.3, 0.4) is 0 Å². The fraction of sp³-hybridized carbons (Fsp3) is 0.522. The summed E-state index contributed by atoms with van der Waals surface area (Å²) < 4.78 is 0. The van der Waals surface area contributed by atoms with Crippen LogP contribution in [0.5, 0.6) is 0 Å². The van der Waals surface area contributed by atoms with E-state index in [9.17, 15) is 9.59 Å². The number of nitrogens with one attached hydrogen (secondary N) is 1. The summed E-state index contributed by atoms with van der Waals surface area (Å²) in [5.41, 5.74) is 2.42. The van der Waals surface area contributed by atoms with Gasteiger partial charge in [-0.2, -0.15) is 0 Å². The molecule has 0 saturated carbocycles. The summed E-state index contributed by atoms with van der Waals surface area (Å²) in [4.78, 5) is 36.3. The van der Waals surface area contributed by atoms with Crippen LogP contribution in [-0.2, 0) is 12.8 Å². The Hall–Kier alpha value is -2.25. The first-order valence-corrected chi connectivity index (χ1v) is 11.9. The molecule has 6 nitrogen and oxygen atoms in total. The van der Waals surface area contributed by atoms with E-state index in [1.54, 1.807) is 35.9 Å². The zero-order chi connectivity index (χ0) is 20.5. The van der Waals surface area contributed by atoms with Crippen LogP contribution >= 0.6 is 11.3 Å². The minimum Gasteiger partial charge on any atom is -0.337 e. The van der Waals surface area contributed by atoms with Crippen molar-refractivity contribution in [1.29, 1.82) is 0 Å². The molecule has 0 bridgehead atoms. The van der Waals surface area contributed by atoms with E-state index in [0.717, 1.165) is 63.8 Å². The van der Waals surface area contributed by atoms with Gasteiger partial charge in [0, 0.05) is 36.4 Å². The van der Waals surface area contributed by atoms with E-state index in [-0.39, 0.29) is 11.8 Å². The number of carbonyl (C=O) groups excluding carboxylic acids is 2. The second-order valence-corrected chi connectivity index (χ2v) is 9.65. The molecule has 1 atom stereocenters. The number of anilines is 1. The third-order valence-electron chi connectivity index (χ3n) is 6.64. The molecule has 5 rings (SSSR count). The van der Waals surface area contributed by atoms with E-state index in [4.69, 9.17) is 0 Å². The van der Waals surface area contributed by atoms with Gasteiger partial charge in [-0.25, -0.2) is 0 Å². The van der Waals surface area contributed by atoms with Gasteiger partial charge in [-0.3, -0.25) is 19.5 Å². The smallest absolute Gasteiger partial charge is 0.257 e. The second kappa shape index (κ2) is 8.47. The van der Waals surface area contributed by atoms with Crippen LogP contribution in [0.25, 0.3) is 0 Å². The number of aromatic nitrogens is 1. The Balaban J connectivity index is 1.40. The minimum atomic E-state index is -0.202. The van der Waals surface area contributed by atoms with Crippen LogP contribution in [0, 0.1) is 0 Å². The summed E-state index contributed by atoms with van der Waals surface area (Å²) >= 11 is 1.59. The Morgan fingerprint density at radius 3 is 2.73 bits per heavy atom. The number of amides is 2. The number of carbonyl (C=O) groups is 2. The highest BCUT2D eigenvalue weighted by atomic mass is 32.1. The highest BCUT2D eigenvalue weighted by Crippen LogP contribution is 2.39. The van der Waals surface area contributed by atoms with Gasteiger partial charge in [0.05, 0.1) is 11.1 Å². The Morgan fingerprint density at radius 1 is 1.10 bits per heavy atom. The Kier molecular flexibility index (Phi) is 5.56. The Labute approximate surface area is 181 Å². The molecule has 30 heavy (non-hydrogen) atoms. The van der Waals surface area contributed by atoms with Crippen molar-refractivity contribution in [3.63, 3.8) is 0 Å². The van der Waals surface area contributed by atoms with Crippen molar-refractivity contribution < 1.29 is 9.59 Å². The van der Waals surface area contributed by atoms with E-state index in [2.05, 4.69) is 15.2 Å². The number of likely N-dealkylation sites (tertiary alicyclic amines) is 2. The van der Waals surface area contributed by atoms with Crippen LogP contribution in [0.1, 0.15) is 63.3 Å². The van der Waals surface area contributed by atoms with Gasteiger partial charge in [-0.1, -0.05) is 0 Å². The lowest BCUT2D eigenvalue weighted by atomic mass is 9.95. The van der Waals surface area contributed by atoms with Crippen molar-refractivity contribution in [2.45, 2.75) is 51.0 Å². The SMILES string of the molecule is O=C(Nc1sc2c(c1C(=O)N1CCC(N3CCCC3)C1)CCCC2)c1cccnc1. The van der Waals surface area contributed by atoms with Gasteiger partial charge >= 0.3 is 0 Å². The van der Waals surface area contributed by atoms with E-state index < -0.39 is 0 Å². The number of thiophene rings is 1. The zero-order valence-corrected chi connectivity index (χ0v) is 18.0. The van der Waals surface area contributed by atoms with Crippen LogP contribution < -0.4 is 5.32 Å². The number of pyridine rings is 1. The molecule has 4 heterocycles. The molecule has 2 saturated heterocycles. The van der Waals surface area contributed by atoms with Gasteiger partial charge in [0.2, 0.25) is 0 Å². The molecule has 1 aliphatic carbocycles. The summed E-state index contributed by atoms with van der Waals surface area (Å²) in [5.74, 6) is -0.107. The van der Waals surface area contributed by atoms with Crippen molar-refractivity contribution in [2.75, 3.05) is 31.5 Å². The molecule has 2 aromatic heterocycles. The van der Waals surface area contributed by atoms with Crippen molar-refractivity contribution in [2.24, 2.45) is 0 Å². The van der Waals surface area contributed by atoms with Crippen molar-refractivity contribution >= 4 is 28.2 Å². The van der Waals surface area contributed by atoms with Crippen LogP contribution in [-0.4, -0.2) is 58.8 Å². The predicted octanol–water partition coefficient (Wildman–Crippen LogP) is 3.58. The van der Waals surface area contributed by atoms with Crippen LogP contribution in [0.2, 0.25) is 0 Å². The molecule has 0 spiro atoms. The van der Waals surface area contributed by atoms with Gasteiger partial charge in [-0.05, 0) is 75.7 Å². The standard InChI is InChI=1S/C23H28N4O2S/c28-21(16-6-5-10-24-14-16)25-22-20(18-7-1-2-8-19(18)30-22)23(29)27-13-9-17(15-27)26-11-3-4-12-26/h5-6,10,14,17H,1-4,7-9,11-13,15H2,(H,25,28). The van der Waals surface area contributed by atoms with E-state index in [1.165, 1.54) is 23.3 Å². The van der Waals surface area contributed by atoms with Gasteiger partial charge in [-0.15, -0.1) is 11.3 Å². The molecule has 0 radical (unpaired) electrons. The van der Waals surface area contributed by atoms with Crippen LogP contribution in [0.4, 0.5) is 5.00 Å². The van der Waals surface area contributed by atoms with Crippen molar-refractivity contribution in [3.8, 4) is 0 Å².